The fraction of sp³-hybridized carbons (Fsp3) is 0.296. The molecule has 1 aliphatic rings. The Morgan fingerprint density at radius 1 is 0.735 bits per heavy atom. The van der Waals surface area contributed by atoms with Crippen LogP contribution in [-0.4, -0.2) is 53.5 Å². The summed E-state index contributed by atoms with van der Waals surface area (Å²) in [5.74, 6) is -0.620. The molecule has 2 unspecified atom stereocenters. The topological polar surface area (TPSA) is 94.5 Å². The van der Waals surface area contributed by atoms with E-state index in [1.165, 1.54) is 0 Å². The van der Waals surface area contributed by atoms with Crippen molar-refractivity contribution in [3.05, 3.63) is 108 Å². The predicted octanol–water partition coefficient (Wildman–Crippen LogP) is 3.09. The summed E-state index contributed by atoms with van der Waals surface area (Å²) in [6.45, 7) is 0.0219. The molecule has 0 aromatic heterocycles. The van der Waals surface area contributed by atoms with Gasteiger partial charge in [0.15, 0.2) is 12.4 Å². The van der Waals surface area contributed by atoms with E-state index in [1.807, 2.05) is 60.7 Å². The molecule has 1 aliphatic heterocycles. The molecule has 3 aromatic rings. The molecule has 7 nitrogen and oxygen atoms in total. The van der Waals surface area contributed by atoms with Gasteiger partial charge in [0.25, 0.3) is 0 Å². The summed E-state index contributed by atoms with van der Waals surface area (Å²) in [4.78, 5) is 12.8. The van der Waals surface area contributed by atoms with Gasteiger partial charge in [0.1, 0.15) is 18.3 Å². The number of esters is 1. The molecule has 7 heteroatoms. The van der Waals surface area contributed by atoms with Crippen LogP contribution < -0.4 is 0 Å². The van der Waals surface area contributed by atoms with E-state index in [4.69, 9.17) is 18.9 Å². The summed E-state index contributed by atoms with van der Waals surface area (Å²) in [6, 6.07) is 27.5. The first kappa shape index (κ1) is 24.1. The van der Waals surface area contributed by atoms with E-state index in [2.05, 4.69) is 0 Å². The first-order valence-corrected chi connectivity index (χ1v) is 11.2. The number of carbonyl (C=O) groups excluding carboxylic acids is 1. The van der Waals surface area contributed by atoms with E-state index in [0.29, 0.717) is 5.56 Å². The molecule has 1 saturated heterocycles. The number of benzene rings is 3. The Hall–Kier alpha value is -3.07. The summed E-state index contributed by atoms with van der Waals surface area (Å²) >= 11 is 0. The van der Waals surface area contributed by atoms with Gasteiger partial charge in [-0.2, -0.15) is 0 Å². The minimum atomic E-state index is -1.50. The van der Waals surface area contributed by atoms with E-state index in [-0.39, 0.29) is 13.2 Å². The summed E-state index contributed by atoms with van der Waals surface area (Å²) in [7, 11) is 0. The van der Waals surface area contributed by atoms with Crippen LogP contribution in [0.3, 0.4) is 0 Å². The largest absolute Gasteiger partial charge is 0.450 e. The molecule has 0 spiro atoms. The molecule has 0 radical (unpaired) electrons. The Kier molecular flexibility index (Phi) is 8.41. The van der Waals surface area contributed by atoms with Gasteiger partial charge < -0.3 is 29.2 Å². The predicted molar refractivity (Wildman–Crippen MR) is 124 cm³/mol. The van der Waals surface area contributed by atoms with Gasteiger partial charge in [-0.3, -0.25) is 0 Å². The fourth-order valence-electron chi connectivity index (χ4n) is 3.86. The summed E-state index contributed by atoms with van der Waals surface area (Å²) in [5.41, 5.74) is 2.16. The van der Waals surface area contributed by atoms with Crippen LogP contribution in [0.15, 0.2) is 91.0 Å². The number of aliphatic hydroxyl groups excluding tert-OH is 2. The molecule has 5 atom stereocenters. The number of hydrogen-bond acceptors (Lipinski definition) is 7. The zero-order chi connectivity index (χ0) is 23.8. The lowest BCUT2D eigenvalue weighted by Crippen LogP contribution is -2.61. The second-order valence-electron chi connectivity index (χ2n) is 8.01. The van der Waals surface area contributed by atoms with Gasteiger partial charge in [0.05, 0.1) is 25.4 Å². The van der Waals surface area contributed by atoms with E-state index < -0.39 is 43.3 Å². The van der Waals surface area contributed by atoms with Crippen LogP contribution in [-0.2, 0) is 32.2 Å². The van der Waals surface area contributed by atoms with Crippen LogP contribution >= 0.6 is 0 Å². The SMILES string of the molecule is O=C(O[C@H]1C(O)OC(CO)[C@H](OCc2ccccc2)[C@@H]1OCc1ccccc1)c1ccccc1. The van der Waals surface area contributed by atoms with Crippen LogP contribution in [0.2, 0.25) is 0 Å². The van der Waals surface area contributed by atoms with Crippen molar-refractivity contribution in [3.8, 4) is 0 Å². The van der Waals surface area contributed by atoms with Gasteiger partial charge in [0.2, 0.25) is 0 Å². The highest BCUT2D eigenvalue weighted by Crippen LogP contribution is 2.29. The van der Waals surface area contributed by atoms with E-state index in [1.54, 1.807) is 30.3 Å². The Morgan fingerprint density at radius 3 is 1.76 bits per heavy atom. The molecule has 2 N–H and O–H groups in total. The van der Waals surface area contributed by atoms with Crippen LogP contribution in [0, 0.1) is 0 Å². The van der Waals surface area contributed by atoms with Crippen molar-refractivity contribution in [2.24, 2.45) is 0 Å². The van der Waals surface area contributed by atoms with Crippen LogP contribution in [0.1, 0.15) is 21.5 Å². The molecule has 1 heterocycles. The molecule has 34 heavy (non-hydrogen) atoms. The Balaban J connectivity index is 1.57. The summed E-state index contributed by atoms with van der Waals surface area (Å²) < 4.78 is 23.6. The lowest BCUT2D eigenvalue weighted by atomic mass is 9.98. The Bertz CT molecular complexity index is 1010. The summed E-state index contributed by atoms with van der Waals surface area (Å²) in [6.07, 6.45) is -5.23. The van der Waals surface area contributed by atoms with Crippen LogP contribution in [0.4, 0.5) is 0 Å². The average Bonchev–Trinajstić information content (AvgIpc) is 2.89. The lowest BCUT2D eigenvalue weighted by molar-refractivity contribution is -0.304. The fourth-order valence-corrected chi connectivity index (χ4v) is 3.86. The van der Waals surface area contributed by atoms with Crippen molar-refractivity contribution in [1.29, 1.82) is 0 Å². The standard InChI is InChI=1S/C27H28O7/c28-16-22-23(31-17-19-10-4-1-5-11-19)24(32-18-20-12-6-2-7-13-20)25(27(30)33-22)34-26(29)21-14-8-3-9-15-21/h1-15,22-25,27-28,30H,16-18H2/t22?,23-,24-,25+,27?/m0/s1. The van der Waals surface area contributed by atoms with Crippen molar-refractivity contribution in [3.63, 3.8) is 0 Å². The molecule has 178 valence electrons. The van der Waals surface area contributed by atoms with Crippen LogP contribution in [0.5, 0.6) is 0 Å². The lowest BCUT2D eigenvalue weighted by Gasteiger charge is -2.43. The van der Waals surface area contributed by atoms with Crippen molar-refractivity contribution < 1.29 is 34.0 Å². The minimum absolute atomic E-state index is 0.195. The van der Waals surface area contributed by atoms with E-state index in [9.17, 15) is 15.0 Å². The highest BCUT2D eigenvalue weighted by molar-refractivity contribution is 5.89. The molecule has 0 aliphatic carbocycles. The molecular weight excluding hydrogens is 436 g/mol. The quantitative estimate of drug-likeness (QED) is 0.470. The van der Waals surface area contributed by atoms with Gasteiger partial charge >= 0.3 is 5.97 Å². The molecule has 3 aromatic carbocycles. The number of ether oxygens (including phenoxy) is 4. The number of hydrogen-bond donors (Lipinski definition) is 2. The smallest absolute Gasteiger partial charge is 0.338 e. The van der Waals surface area contributed by atoms with Gasteiger partial charge in [0, 0.05) is 0 Å². The number of aliphatic hydroxyl groups is 2. The van der Waals surface area contributed by atoms with Crippen molar-refractivity contribution >= 4 is 5.97 Å². The third kappa shape index (κ3) is 6.08. The Labute approximate surface area is 198 Å². The molecule has 0 bridgehead atoms. The highest BCUT2D eigenvalue weighted by atomic mass is 16.7. The molecule has 0 saturated carbocycles. The average molecular weight is 465 g/mol. The monoisotopic (exact) mass is 464 g/mol. The number of rotatable bonds is 9. The maximum atomic E-state index is 12.8. The third-order valence-corrected chi connectivity index (χ3v) is 5.61. The van der Waals surface area contributed by atoms with E-state index in [0.717, 1.165) is 11.1 Å². The van der Waals surface area contributed by atoms with Gasteiger partial charge in [-0.1, -0.05) is 78.9 Å². The van der Waals surface area contributed by atoms with Gasteiger partial charge in [-0.05, 0) is 23.3 Å². The zero-order valence-electron chi connectivity index (χ0n) is 18.6. The molecule has 0 amide bonds. The van der Waals surface area contributed by atoms with Crippen molar-refractivity contribution in [1.82, 2.24) is 0 Å². The first-order valence-electron chi connectivity index (χ1n) is 11.2. The van der Waals surface area contributed by atoms with Crippen LogP contribution in [0.25, 0.3) is 0 Å². The maximum Gasteiger partial charge on any atom is 0.338 e. The normalized spacial score (nSPS) is 24.5. The Morgan fingerprint density at radius 2 is 1.24 bits per heavy atom. The maximum absolute atomic E-state index is 12.8. The number of carbonyl (C=O) groups is 1. The van der Waals surface area contributed by atoms with Crippen molar-refractivity contribution in [2.45, 2.75) is 43.9 Å². The molecule has 1 fully saturated rings. The highest BCUT2D eigenvalue weighted by Gasteiger charge is 2.49. The van der Waals surface area contributed by atoms with E-state index >= 15 is 0 Å². The zero-order valence-corrected chi connectivity index (χ0v) is 18.6. The molecule has 4 rings (SSSR count). The first-order chi connectivity index (χ1) is 16.7. The van der Waals surface area contributed by atoms with Crippen molar-refractivity contribution in [2.75, 3.05) is 6.61 Å². The summed E-state index contributed by atoms with van der Waals surface area (Å²) in [5, 5.41) is 20.6. The minimum Gasteiger partial charge on any atom is -0.450 e. The third-order valence-electron chi connectivity index (χ3n) is 5.61. The van der Waals surface area contributed by atoms with Gasteiger partial charge in [-0.25, -0.2) is 4.79 Å². The van der Waals surface area contributed by atoms with Gasteiger partial charge in [-0.15, -0.1) is 0 Å². The second-order valence-corrected chi connectivity index (χ2v) is 8.01. The molecular formula is C27H28O7. The second kappa shape index (κ2) is 11.9.